The van der Waals surface area contributed by atoms with E-state index in [0.29, 0.717) is 45.5 Å². The summed E-state index contributed by atoms with van der Waals surface area (Å²) >= 11 is 6.48. The summed E-state index contributed by atoms with van der Waals surface area (Å²) < 4.78 is 12.5. The highest BCUT2D eigenvalue weighted by Gasteiger charge is 2.39. The number of halogens is 1. The van der Waals surface area contributed by atoms with Crippen molar-refractivity contribution in [2.45, 2.75) is 38.9 Å². The van der Waals surface area contributed by atoms with Crippen LogP contribution in [0.25, 0.3) is 22.6 Å². The molecule has 0 aliphatic rings. The topological polar surface area (TPSA) is 90.1 Å². The van der Waals surface area contributed by atoms with Crippen LogP contribution in [0.1, 0.15) is 31.1 Å². The lowest BCUT2D eigenvalue weighted by atomic mass is 10.2. The quantitative estimate of drug-likeness (QED) is 0.237. The van der Waals surface area contributed by atoms with Gasteiger partial charge in [-0.25, -0.2) is 9.97 Å². The first-order chi connectivity index (χ1) is 15.6. The fraction of sp³-hybridized carbons (Fsp3) is 0.250. The van der Waals surface area contributed by atoms with Crippen LogP contribution in [0.5, 0.6) is 5.75 Å². The Bertz CT molecular complexity index is 1310. The van der Waals surface area contributed by atoms with E-state index < -0.39 is 8.32 Å². The van der Waals surface area contributed by atoms with Gasteiger partial charge < -0.3 is 14.2 Å². The first-order valence-electron chi connectivity index (χ1n) is 10.5. The molecule has 0 unspecified atom stereocenters. The highest BCUT2D eigenvalue weighted by molar-refractivity contribution is 6.74. The van der Waals surface area contributed by atoms with Gasteiger partial charge in [0, 0.05) is 35.7 Å². The summed E-state index contributed by atoms with van der Waals surface area (Å²) in [5.41, 5.74) is 2.44. The first kappa shape index (κ1) is 22.9. The van der Waals surface area contributed by atoms with Gasteiger partial charge in [-0.05, 0) is 36.3 Å². The fourth-order valence-corrected chi connectivity index (χ4v) is 4.23. The van der Waals surface area contributed by atoms with Crippen molar-refractivity contribution in [3.8, 4) is 17.3 Å². The lowest BCUT2D eigenvalue weighted by Crippen LogP contribution is -2.43. The normalized spacial score (nSPS) is 12.1. The molecule has 0 fully saturated rings. The monoisotopic (exact) mass is 480 g/mol. The molecular formula is C24H25ClN4O3Si. The average Bonchev–Trinajstić information content (AvgIpc) is 3.13. The van der Waals surface area contributed by atoms with Crippen molar-refractivity contribution in [2.24, 2.45) is 0 Å². The Balaban J connectivity index is 1.75. The molecule has 1 aromatic carbocycles. The van der Waals surface area contributed by atoms with Crippen LogP contribution in [0.2, 0.25) is 23.2 Å². The third kappa shape index (κ3) is 4.62. The van der Waals surface area contributed by atoms with Crippen molar-refractivity contribution in [1.29, 1.82) is 0 Å². The highest BCUT2D eigenvalue weighted by atomic mass is 35.5. The third-order valence-electron chi connectivity index (χ3n) is 5.88. The molecule has 3 aromatic heterocycles. The molecule has 0 amide bonds. The van der Waals surface area contributed by atoms with E-state index in [0.717, 1.165) is 11.1 Å². The molecule has 9 heteroatoms. The number of nitrogens with zero attached hydrogens (tertiary/aromatic N) is 3. The standard InChI is InChI=1S/C24H25ClN4O3Si/c1-24(2,3)33(4,5)32-19-10-16(6-7-18(19)25)29-21-17-8-9-26-13-20(17)31-22(21)23-27-11-15(14-30)12-28-23/h6-14,29H,1-5H3. The van der Waals surface area contributed by atoms with E-state index in [1.807, 2.05) is 24.3 Å². The van der Waals surface area contributed by atoms with Crippen molar-refractivity contribution >= 4 is 48.5 Å². The molecule has 0 saturated carbocycles. The molecule has 1 N–H and O–H groups in total. The Morgan fingerprint density at radius 3 is 2.52 bits per heavy atom. The maximum Gasteiger partial charge on any atom is 0.250 e. The molecule has 0 aliphatic heterocycles. The summed E-state index contributed by atoms with van der Waals surface area (Å²) in [5, 5.41) is 4.83. The molecule has 0 radical (unpaired) electrons. The number of aldehydes is 1. The molecule has 0 atom stereocenters. The van der Waals surface area contributed by atoms with Crippen LogP contribution >= 0.6 is 11.6 Å². The number of anilines is 2. The minimum Gasteiger partial charge on any atom is -0.542 e. The molecule has 0 aliphatic carbocycles. The number of pyridine rings is 1. The Hall–Kier alpha value is -3.23. The van der Waals surface area contributed by atoms with E-state index in [4.69, 9.17) is 20.4 Å². The third-order valence-corrected chi connectivity index (χ3v) is 10.5. The Labute approximate surface area is 198 Å². The lowest BCUT2D eigenvalue weighted by Gasteiger charge is -2.36. The van der Waals surface area contributed by atoms with E-state index >= 15 is 0 Å². The summed E-state index contributed by atoms with van der Waals surface area (Å²) in [7, 11) is -2.08. The molecule has 0 spiro atoms. The van der Waals surface area contributed by atoms with Gasteiger partial charge in [0.15, 0.2) is 23.5 Å². The second kappa shape index (κ2) is 8.61. The van der Waals surface area contributed by atoms with Crippen molar-refractivity contribution < 1.29 is 13.6 Å². The predicted molar refractivity (Wildman–Crippen MR) is 133 cm³/mol. The molecular weight excluding hydrogens is 456 g/mol. The molecule has 4 rings (SSSR count). The molecule has 3 heterocycles. The molecule has 0 bridgehead atoms. The minimum atomic E-state index is -2.08. The molecule has 4 aromatic rings. The predicted octanol–water partition coefficient (Wildman–Crippen LogP) is 6.88. The Morgan fingerprint density at radius 1 is 1.12 bits per heavy atom. The van der Waals surface area contributed by atoms with Crippen LogP contribution < -0.4 is 9.74 Å². The number of carbonyl (C=O) groups is 1. The van der Waals surface area contributed by atoms with E-state index in [1.54, 1.807) is 12.4 Å². The van der Waals surface area contributed by atoms with Crippen LogP contribution in [0.4, 0.5) is 11.4 Å². The second-order valence-electron chi connectivity index (χ2n) is 9.27. The Morgan fingerprint density at radius 2 is 1.85 bits per heavy atom. The number of rotatable bonds is 6. The molecule has 170 valence electrons. The van der Waals surface area contributed by atoms with Crippen molar-refractivity contribution in [2.75, 3.05) is 5.32 Å². The number of benzene rings is 1. The van der Waals surface area contributed by atoms with Crippen LogP contribution in [0.3, 0.4) is 0 Å². The summed E-state index contributed by atoms with van der Waals surface area (Å²) in [5.74, 6) is 1.43. The summed E-state index contributed by atoms with van der Waals surface area (Å²) in [4.78, 5) is 23.7. The number of hydrogen-bond donors (Lipinski definition) is 1. The lowest BCUT2D eigenvalue weighted by molar-refractivity contribution is 0.112. The Kier molecular flexibility index (Phi) is 5.98. The van der Waals surface area contributed by atoms with Gasteiger partial charge in [0.25, 0.3) is 8.32 Å². The minimum absolute atomic E-state index is 0.0334. The van der Waals surface area contributed by atoms with Crippen molar-refractivity contribution in [1.82, 2.24) is 15.0 Å². The molecule has 7 nitrogen and oxygen atoms in total. The van der Waals surface area contributed by atoms with E-state index in [1.165, 1.54) is 12.4 Å². The van der Waals surface area contributed by atoms with E-state index in [2.05, 4.69) is 54.1 Å². The molecule has 33 heavy (non-hydrogen) atoms. The van der Waals surface area contributed by atoms with Gasteiger partial charge in [-0.3, -0.25) is 9.78 Å². The van der Waals surface area contributed by atoms with Gasteiger partial charge in [-0.2, -0.15) is 0 Å². The summed E-state index contributed by atoms with van der Waals surface area (Å²) in [6, 6.07) is 7.43. The zero-order valence-corrected chi connectivity index (χ0v) is 20.9. The van der Waals surface area contributed by atoms with Gasteiger partial charge in [-0.1, -0.05) is 32.4 Å². The summed E-state index contributed by atoms with van der Waals surface area (Å²) in [6.07, 6.45) is 6.94. The van der Waals surface area contributed by atoms with E-state index in [-0.39, 0.29) is 5.04 Å². The van der Waals surface area contributed by atoms with Crippen molar-refractivity contribution in [3.63, 3.8) is 0 Å². The van der Waals surface area contributed by atoms with Gasteiger partial charge in [0.05, 0.1) is 22.5 Å². The number of carbonyl (C=O) groups excluding carboxylic acids is 1. The smallest absolute Gasteiger partial charge is 0.250 e. The second-order valence-corrected chi connectivity index (χ2v) is 14.4. The number of nitrogens with one attached hydrogen (secondary N) is 1. The van der Waals surface area contributed by atoms with E-state index in [9.17, 15) is 4.79 Å². The first-order valence-corrected chi connectivity index (χ1v) is 13.8. The maximum absolute atomic E-state index is 11.0. The maximum atomic E-state index is 11.0. The fourth-order valence-electron chi connectivity index (χ4n) is 2.98. The number of furan rings is 1. The SMILES string of the molecule is CC(C)(C)[Si](C)(C)Oc1cc(Nc2c(-c3ncc(C=O)cn3)oc3cnccc23)ccc1Cl. The number of fused-ring (bicyclic) bond motifs is 1. The zero-order chi connectivity index (χ0) is 23.8. The van der Waals surface area contributed by atoms with Crippen LogP contribution in [-0.4, -0.2) is 29.6 Å². The number of hydrogen-bond acceptors (Lipinski definition) is 7. The van der Waals surface area contributed by atoms with Crippen LogP contribution in [-0.2, 0) is 0 Å². The van der Waals surface area contributed by atoms with Crippen LogP contribution in [0, 0.1) is 0 Å². The van der Waals surface area contributed by atoms with Gasteiger partial charge >= 0.3 is 0 Å². The molecule has 0 saturated heterocycles. The zero-order valence-electron chi connectivity index (χ0n) is 19.1. The van der Waals surface area contributed by atoms with Gasteiger partial charge in [0.1, 0.15) is 5.75 Å². The largest absolute Gasteiger partial charge is 0.542 e. The number of aromatic nitrogens is 3. The van der Waals surface area contributed by atoms with Gasteiger partial charge in [0.2, 0.25) is 0 Å². The summed E-state index contributed by atoms with van der Waals surface area (Å²) in [6.45, 7) is 10.9. The van der Waals surface area contributed by atoms with Gasteiger partial charge in [-0.15, -0.1) is 0 Å². The average molecular weight is 481 g/mol. The highest BCUT2D eigenvalue weighted by Crippen LogP contribution is 2.42. The van der Waals surface area contributed by atoms with Crippen LogP contribution in [0.15, 0.2) is 53.5 Å². The van der Waals surface area contributed by atoms with Crippen molar-refractivity contribution in [3.05, 3.63) is 59.6 Å².